The Labute approximate surface area is 178 Å². The zero-order valence-corrected chi connectivity index (χ0v) is 16.9. The second-order valence-corrected chi connectivity index (χ2v) is 7.67. The second kappa shape index (κ2) is 8.99. The molecule has 4 rings (SSSR count). The van der Waals surface area contributed by atoms with Gasteiger partial charge in [0.2, 0.25) is 0 Å². The van der Waals surface area contributed by atoms with Crippen LogP contribution in [0.25, 0.3) is 6.08 Å². The average molecular weight is 421 g/mol. The summed E-state index contributed by atoms with van der Waals surface area (Å²) in [6.07, 6.45) is 1.81. The summed E-state index contributed by atoms with van der Waals surface area (Å²) in [5.74, 6) is 0.507. The quantitative estimate of drug-likeness (QED) is 0.530. The molecular formula is C23H17ClN2O2S. The maximum atomic E-state index is 12.4. The highest BCUT2D eigenvalue weighted by Crippen LogP contribution is 2.31. The Hall–Kier alpha value is -3.02. The van der Waals surface area contributed by atoms with Crippen LogP contribution in [0, 0.1) is 0 Å². The summed E-state index contributed by atoms with van der Waals surface area (Å²) in [4.78, 5) is 17.4. The number of amides is 1. The van der Waals surface area contributed by atoms with Gasteiger partial charge >= 0.3 is 0 Å². The van der Waals surface area contributed by atoms with Crippen molar-refractivity contribution >= 4 is 46.2 Å². The van der Waals surface area contributed by atoms with Gasteiger partial charge in [0.1, 0.15) is 12.4 Å². The van der Waals surface area contributed by atoms with Gasteiger partial charge < -0.3 is 10.1 Å². The van der Waals surface area contributed by atoms with Gasteiger partial charge in [0.05, 0.1) is 10.6 Å². The molecule has 1 saturated heterocycles. The Bertz CT molecular complexity index is 1100. The zero-order chi connectivity index (χ0) is 20.1. The fourth-order valence-corrected chi connectivity index (χ4v) is 3.77. The van der Waals surface area contributed by atoms with Gasteiger partial charge in [0.15, 0.2) is 5.17 Å². The molecule has 0 saturated carbocycles. The third-order valence-corrected chi connectivity index (χ3v) is 5.46. The van der Waals surface area contributed by atoms with E-state index in [9.17, 15) is 4.79 Å². The molecule has 1 amide bonds. The lowest BCUT2D eigenvalue weighted by Gasteiger charge is -2.10. The number of aliphatic imine (C=N–C) groups is 1. The predicted octanol–water partition coefficient (Wildman–Crippen LogP) is 5.81. The molecule has 0 atom stereocenters. The molecule has 3 aromatic carbocycles. The Morgan fingerprint density at radius 1 is 0.966 bits per heavy atom. The van der Waals surface area contributed by atoms with Gasteiger partial charge in [-0.2, -0.15) is 0 Å². The number of benzene rings is 3. The molecule has 6 heteroatoms. The lowest BCUT2D eigenvalue weighted by Crippen LogP contribution is -2.19. The summed E-state index contributed by atoms with van der Waals surface area (Å²) in [7, 11) is 0. The lowest BCUT2D eigenvalue weighted by molar-refractivity contribution is -0.115. The normalized spacial score (nSPS) is 16.2. The van der Waals surface area contributed by atoms with Gasteiger partial charge in [0.25, 0.3) is 5.91 Å². The minimum absolute atomic E-state index is 0.175. The number of carbonyl (C=O) groups is 1. The molecule has 0 bridgehead atoms. The number of hydrogen-bond acceptors (Lipinski definition) is 4. The van der Waals surface area contributed by atoms with Crippen LogP contribution >= 0.6 is 23.4 Å². The van der Waals surface area contributed by atoms with Crippen LogP contribution in [0.2, 0.25) is 5.02 Å². The van der Waals surface area contributed by atoms with E-state index in [1.807, 2.05) is 84.9 Å². The Kier molecular flexibility index (Phi) is 5.98. The van der Waals surface area contributed by atoms with E-state index in [0.717, 1.165) is 16.8 Å². The van der Waals surface area contributed by atoms with Crippen molar-refractivity contribution in [3.8, 4) is 5.75 Å². The summed E-state index contributed by atoms with van der Waals surface area (Å²) in [6.45, 7) is 0.347. The van der Waals surface area contributed by atoms with Crippen molar-refractivity contribution in [2.75, 3.05) is 0 Å². The van der Waals surface area contributed by atoms with E-state index in [0.29, 0.717) is 27.5 Å². The number of carbonyl (C=O) groups excluding carboxylic acids is 1. The molecule has 1 heterocycles. The van der Waals surface area contributed by atoms with E-state index in [2.05, 4.69) is 10.3 Å². The highest BCUT2D eigenvalue weighted by Gasteiger charge is 2.24. The number of amidine groups is 1. The van der Waals surface area contributed by atoms with Gasteiger partial charge in [0, 0.05) is 16.1 Å². The summed E-state index contributed by atoms with van der Waals surface area (Å²) in [6, 6.07) is 24.7. The summed E-state index contributed by atoms with van der Waals surface area (Å²) in [5.41, 5.74) is 2.51. The van der Waals surface area contributed by atoms with E-state index in [1.54, 1.807) is 0 Å². The SMILES string of the molecule is O=C1NC(=Nc2ccccc2)S/C1=C\c1ccccc1OCc1ccccc1Cl. The van der Waals surface area contributed by atoms with Gasteiger partial charge in [-0.3, -0.25) is 4.79 Å². The van der Waals surface area contributed by atoms with Crippen LogP contribution in [0.4, 0.5) is 5.69 Å². The minimum Gasteiger partial charge on any atom is -0.488 e. The van der Waals surface area contributed by atoms with Gasteiger partial charge in [-0.05, 0) is 42.1 Å². The Morgan fingerprint density at radius 2 is 1.69 bits per heavy atom. The molecule has 1 aliphatic rings. The molecule has 0 aromatic heterocycles. The molecule has 0 unspecified atom stereocenters. The van der Waals surface area contributed by atoms with Crippen LogP contribution in [0.1, 0.15) is 11.1 Å². The largest absolute Gasteiger partial charge is 0.488 e. The molecule has 0 spiro atoms. The average Bonchev–Trinajstić information content (AvgIpc) is 3.08. The third-order valence-electron chi connectivity index (χ3n) is 4.18. The van der Waals surface area contributed by atoms with E-state index in [1.165, 1.54) is 11.8 Å². The van der Waals surface area contributed by atoms with Crippen molar-refractivity contribution in [1.82, 2.24) is 5.32 Å². The number of ether oxygens (including phenoxy) is 1. The van der Waals surface area contributed by atoms with Crippen molar-refractivity contribution in [2.24, 2.45) is 4.99 Å². The number of halogens is 1. The maximum Gasteiger partial charge on any atom is 0.264 e. The molecule has 1 N–H and O–H groups in total. The van der Waals surface area contributed by atoms with Crippen LogP contribution < -0.4 is 10.1 Å². The van der Waals surface area contributed by atoms with E-state index in [4.69, 9.17) is 16.3 Å². The standard InChI is InChI=1S/C23H17ClN2O2S/c24-19-12-6-4-9-17(19)15-28-20-13-7-5-8-16(20)14-21-22(27)26-23(29-21)25-18-10-2-1-3-11-18/h1-14H,15H2,(H,25,26,27)/b21-14-. The van der Waals surface area contributed by atoms with E-state index < -0.39 is 0 Å². The first-order valence-corrected chi connectivity index (χ1v) is 10.2. The molecule has 29 heavy (non-hydrogen) atoms. The van der Waals surface area contributed by atoms with E-state index >= 15 is 0 Å². The Morgan fingerprint density at radius 3 is 2.52 bits per heavy atom. The number of rotatable bonds is 5. The minimum atomic E-state index is -0.175. The molecule has 144 valence electrons. The maximum absolute atomic E-state index is 12.4. The molecule has 1 fully saturated rings. The van der Waals surface area contributed by atoms with Crippen molar-refractivity contribution in [1.29, 1.82) is 0 Å². The number of nitrogens with zero attached hydrogens (tertiary/aromatic N) is 1. The molecule has 4 nitrogen and oxygen atoms in total. The van der Waals surface area contributed by atoms with Crippen LogP contribution in [0.5, 0.6) is 5.75 Å². The van der Waals surface area contributed by atoms with Crippen molar-refractivity contribution in [2.45, 2.75) is 6.61 Å². The molecule has 3 aromatic rings. The van der Waals surface area contributed by atoms with E-state index in [-0.39, 0.29) is 5.91 Å². The highest BCUT2D eigenvalue weighted by atomic mass is 35.5. The number of hydrogen-bond donors (Lipinski definition) is 1. The first-order chi connectivity index (χ1) is 14.2. The first kappa shape index (κ1) is 19.3. The molecule has 0 aliphatic carbocycles. The summed E-state index contributed by atoms with van der Waals surface area (Å²) in [5, 5.41) is 4.03. The topological polar surface area (TPSA) is 50.7 Å². The lowest BCUT2D eigenvalue weighted by atomic mass is 10.2. The monoisotopic (exact) mass is 420 g/mol. The molecule has 0 radical (unpaired) electrons. The van der Waals surface area contributed by atoms with Crippen LogP contribution in [0.15, 0.2) is 88.8 Å². The Balaban J connectivity index is 1.53. The molecule has 1 aliphatic heterocycles. The predicted molar refractivity (Wildman–Crippen MR) is 119 cm³/mol. The number of thioether (sulfide) groups is 1. The van der Waals surface area contributed by atoms with Crippen molar-refractivity contribution in [3.05, 3.63) is 99.9 Å². The number of para-hydroxylation sites is 2. The van der Waals surface area contributed by atoms with Crippen molar-refractivity contribution < 1.29 is 9.53 Å². The van der Waals surface area contributed by atoms with Crippen LogP contribution in [-0.2, 0) is 11.4 Å². The van der Waals surface area contributed by atoms with Gasteiger partial charge in [-0.15, -0.1) is 0 Å². The zero-order valence-electron chi connectivity index (χ0n) is 15.3. The number of nitrogens with one attached hydrogen (secondary N) is 1. The van der Waals surface area contributed by atoms with Crippen molar-refractivity contribution in [3.63, 3.8) is 0 Å². The summed E-state index contributed by atoms with van der Waals surface area (Å²) >= 11 is 7.52. The van der Waals surface area contributed by atoms with Gasteiger partial charge in [-0.25, -0.2) is 4.99 Å². The fourth-order valence-electron chi connectivity index (χ4n) is 2.74. The first-order valence-electron chi connectivity index (χ1n) is 8.99. The van der Waals surface area contributed by atoms with Crippen LogP contribution in [0.3, 0.4) is 0 Å². The summed E-state index contributed by atoms with van der Waals surface area (Å²) < 4.78 is 5.97. The smallest absolute Gasteiger partial charge is 0.264 e. The molecular weight excluding hydrogens is 404 g/mol. The fraction of sp³-hybridized carbons (Fsp3) is 0.0435. The van der Waals surface area contributed by atoms with Crippen LogP contribution in [-0.4, -0.2) is 11.1 Å². The second-order valence-electron chi connectivity index (χ2n) is 6.24. The van der Waals surface area contributed by atoms with Gasteiger partial charge in [-0.1, -0.05) is 66.2 Å². The highest BCUT2D eigenvalue weighted by molar-refractivity contribution is 8.18. The third kappa shape index (κ3) is 4.88.